The standard InChI is InChI=1S/C10H5Cl7.H3O4P/c11-4-2-1-3-5(4)9(15)7(13)6(12)8(3,14)10(9,16)17;1-5(2,3)4/h1-5H;(H3,1,2,3,4). The lowest BCUT2D eigenvalue weighted by Gasteiger charge is -2.34. The molecule has 0 aliphatic heterocycles. The van der Waals surface area contributed by atoms with Gasteiger partial charge in [0.25, 0.3) is 0 Å². The van der Waals surface area contributed by atoms with Crippen LogP contribution < -0.4 is 0 Å². The van der Waals surface area contributed by atoms with E-state index in [1.807, 2.05) is 12.2 Å². The molecule has 22 heavy (non-hydrogen) atoms. The average molecular weight is 471 g/mol. The van der Waals surface area contributed by atoms with Crippen LogP contribution in [0.3, 0.4) is 0 Å². The van der Waals surface area contributed by atoms with Crippen molar-refractivity contribution >= 4 is 89.0 Å². The zero-order valence-corrected chi connectivity index (χ0v) is 16.4. The summed E-state index contributed by atoms with van der Waals surface area (Å²) >= 11 is 44.5. The maximum atomic E-state index is 8.88. The van der Waals surface area contributed by atoms with Gasteiger partial charge in [0.2, 0.25) is 0 Å². The molecule has 5 atom stereocenters. The molecule has 3 aliphatic carbocycles. The van der Waals surface area contributed by atoms with Gasteiger partial charge in [-0.2, -0.15) is 0 Å². The van der Waals surface area contributed by atoms with Gasteiger partial charge in [-0.1, -0.05) is 58.6 Å². The van der Waals surface area contributed by atoms with Crippen molar-refractivity contribution in [1.82, 2.24) is 0 Å². The molecule has 0 aromatic heterocycles. The third kappa shape index (κ3) is 2.50. The smallest absolute Gasteiger partial charge is 0.303 e. The van der Waals surface area contributed by atoms with Crippen molar-refractivity contribution in [2.45, 2.75) is 19.5 Å². The summed E-state index contributed by atoms with van der Waals surface area (Å²) in [6, 6.07) is 0. The van der Waals surface area contributed by atoms with Crippen molar-refractivity contribution in [2.75, 3.05) is 0 Å². The predicted molar refractivity (Wildman–Crippen MR) is 90.4 cm³/mol. The zero-order chi connectivity index (χ0) is 17.3. The highest BCUT2D eigenvalue weighted by molar-refractivity contribution is 7.45. The van der Waals surface area contributed by atoms with Crippen LogP contribution in [-0.2, 0) is 4.57 Å². The second kappa shape index (κ2) is 5.82. The molecule has 3 N–H and O–H groups in total. The minimum Gasteiger partial charge on any atom is -0.303 e. The third-order valence-electron chi connectivity index (χ3n) is 3.90. The van der Waals surface area contributed by atoms with Crippen LogP contribution >= 0.6 is 89.0 Å². The normalized spacial score (nSPS) is 44.9. The number of phosphoric acid groups is 1. The fourth-order valence-corrected chi connectivity index (χ4v) is 6.60. The fourth-order valence-electron chi connectivity index (χ4n) is 3.08. The summed E-state index contributed by atoms with van der Waals surface area (Å²) in [6.07, 6.45) is 3.69. The van der Waals surface area contributed by atoms with Crippen LogP contribution in [0, 0.1) is 11.8 Å². The maximum Gasteiger partial charge on any atom is 0.466 e. The van der Waals surface area contributed by atoms with Crippen LogP contribution in [0.2, 0.25) is 0 Å². The lowest BCUT2D eigenvalue weighted by Crippen LogP contribution is -2.45. The topological polar surface area (TPSA) is 77.8 Å². The molecular formula is C10H8Cl7O4P. The first kappa shape index (κ1) is 19.9. The van der Waals surface area contributed by atoms with Gasteiger partial charge in [0.05, 0.1) is 15.4 Å². The van der Waals surface area contributed by atoms with E-state index in [1.54, 1.807) is 0 Å². The number of alkyl halides is 5. The SMILES string of the molecule is ClC1=C(Cl)C2(Cl)C3C(Cl)C=CC3C1(Cl)C2(Cl)Cl.O=P(O)(O)O. The molecule has 3 aliphatic rings. The first-order chi connectivity index (χ1) is 9.70. The highest BCUT2D eigenvalue weighted by Gasteiger charge is 2.83. The molecule has 0 amide bonds. The molecule has 0 heterocycles. The van der Waals surface area contributed by atoms with E-state index in [-0.39, 0.29) is 27.3 Å². The minimum absolute atomic E-state index is 0.205. The van der Waals surface area contributed by atoms with Gasteiger partial charge in [-0.25, -0.2) is 4.57 Å². The van der Waals surface area contributed by atoms with Crippen molar-refractivity contribution in [3.63, 3.8) is 0 Å². The van der Waals surface area contributed by atoms with Gasteiger partial charge in [0.1, 0.15) is 9.75 Å². The second-order valence-electron chi connectivity index (χ2n) is 5.02. The van der Waals surface area contributed by atoms with Crippen LogP contribution in [0.15, 0.2) is 22.2 Å². The molecule has 0 aromatic carbocycles. The Morgan fingerprint density at radius 1 is 0.955 bits per heavy atom. The molecule has 126 valence electrons. The van der Waals surface area contributed by atoms with E-state index >= 15 is 0 Å². The van der Waals surface area contributed by atoms with Gasteiger partial charge in [-0.05, 0) is 0 Å². The van der Waals surface area contributed by atoms with E-state index in [0.29, 0.717) is 0 Å². The summed E-state index contributed by atoms with van der Waals surface area (Å²) in [7, 11) is -4.64. The number of fused-ring (bicyclic) bond motifs is 5. The van der Waals surface area contributed by atoms with Crippen LogP contribution in [0.1, 0.15) is 0 Å². The molecule has 3 rings (SSSR count). The van der Waals surface area contributed by atoms with Crippen LogP contribution in [0.25, 0.3) is 0 Å². The van der Waals surface area contributed by atoms with Gasteiger partial charge >= 0.3 is 7.82 Å². The molecule has 12 heteroatoms. The van der Waals surface area contributed by atoms with Crippen molar-refractivity contribution in [3.8, 4) is 0 Å². The molecule has 5 unspecified atom stereocenters. The van der Waals surface area contributed by atoms with Gasteiger partial charge in [0, 0.05) is 11.8 Å². The third-order valence-corrected chi connectivity index (χ3v) is 8.61. The molecule has 0 aromatic rings. The largest absolute Gasteiger partial charge is 0.466 e. The lowest BCUT2D eigenvalue weighted by atomic mass is 9.84. The van der Waals surface area contributed by atoms with E-state index in [2.05, 4.69) is 0 Å². The second-order valence-corrected chi connectivity index (χ2v) is 9.83. The van der Waals surface area contributed by atoms with E-state index in [0.717, 1.165) is 0 Å². The van der Waals surface area contributed by atoms with E-state index < -0.39 is 21.9 Å². The quantitative estimate of drug-likeness (QED) is 0.280. The Bertz CT molecular complexity index is 608. The van der Waals surface area contributed by atoms with Crippen LogP contribution in [-0.4, -0.2) is 34.1 Å². The maximum absolute atomic E-state index is 8.88. The lowest BCUT2D eigenvalue weighted by molar-refractivity contribution is 0.275. The Labute approximate surface area is 161 Å². The average Bonchev–Trinajstić information content (AvgIpc) is 2.82. The zero-order valence-electron chi connectivity index (χ0n) is 10.2. The molecule has 0 spiro atoms. The Hall–Kier alpha value is 1.62. The van der Waals surface area contributed by atoms with Crippen molar-refractivity contribution < 1.29 is 19.2 Å². The summed E-state index contributed by atoms with van der Waals surface area (Å²) in [6.45, 7) is 0. The molecule has 0 radical (unpaired) electrons. The molecule has 1 fully saturated rings. The number of hydrogen-bond acceptors (Lipinski definition) is 1. The Balaban J connectivity index is 0.000000309. The number of rotatable bonds is 0. The molecule has 0 saturated heterocycles. The first-order valence-electron chi connectivity index (χ1n) is 5.63. The highest BCUT2D eigenvalue weighted by Crippen LogP contribution is 2.78. The summed E-state index contributed by atoms with van der Waals surface area (Å²) in [4.78, 5) is 19.1. The molecule has 4 nitrogen and oxygen atoms in total. The summed E-state index contributed by atoms with van der Waals surface area (Å²) < 4.78 is 7.40. The summed E-state index contributed by atoms with van der Waals surface area (Å²) in [5.74, 6) is -0.470. The van der Waals surface area contributed by atoms with Crippen molar-refractivity contribution in [3.05, 3.63) is 22.2 Å². The Kier molecular flexibility index (Phi) is 5.28. The highest BCUT2D eigenvalue weighted by atomic mass is 35.5. The molecular weight excluding hydrogens is 463 g/mol. The fraction of sp³-hybridized carbons (Fsp3) is 0.600. The first-order valence-corrected chi connectivity index (χ1v) is 9.90. The summed E-state index contributed by atoms with van der Waals surface area (Å²) in [5, 5.41) is 0.113. The van der Waals surface area contributed by atoms with Crippen molar-refractivity contribution in [1.29, 1.82) is 0 Å². The van der Waals surface area contributed by atoms with E-state index in [4.69, 9.17) is 100 Å². The monoisotopic (exact) mass is 468 g/mol. The number of halogens is 7. The minimum atomic E-state index is -4.64. The van der Waals surface area contributed by atoms with Crippen LogP contribution in [0.4, 0.5) is 0 Å². The number of allylic oxidation sites excluding steroid dienone is 4. The molecule has 2 bridgehead atoms. The Morgan fingerprint density at radius 3 is 1.82 bits per heavy atom. The van der Waals surface area contributed by atoms with E-state index in [9.17, 15) is 0 Å². The van der Waals surface area contributed by atoms with Gasteiger partial charge < -0.3 is 14.7 Å². The van der Waals surface area contributed by atoms with Crippen molar-refractivity contribution in [2.24, 2.45) is 11.8 Å². The van der Waals surface area contributed by atoms with Gasteiger partial charge in [0.15, 0.2) is 4.33 Å². The van der Waals surface area contributed by atoms with Gasteiger partial charge in [-0.3, -0.25) is 0 Å². The van der Waals surface area contributed by atoms with Crippen LogP contribution in [0.5, 0.6) is 0 Å². The summed E-state index contributed by atoms with van der Waals surface area (Å²) in [5.41, 5.74) is 0. The Morgan fingerprint density at radius 2 is 1.36 bits per heavy atom. The molecule has 1 saturated carbocycles. The predicted octanol–water partition coefficient (Wildman–Crippen LogP) is 4.31. The van der Waals surface area contributed by atoms with Gasteiger partial charge in [-0.15, -0.1) is 34.8 Å². The number of hydrogen-bond donors (Lipinski definition) is 3. The van der Waals surface area contributed by atoms with E-state index in [1.165, 1.54) is 0 Å².